The van der Waals surface area contributed by atoms with Gasteiger partial charge in [0.25, 0.3) is 10.0 Å². The molecule has 3 heterocycles. The summed E-state index contributed by atoms with van der Waals surface area (Å²) in [5.74, 6) is -0.0157. The molecule has 0 saturated carbocycles. The van der Waals surface area contributed by atoms with Crippen LogP contribution in [0.3, 0.4) is 0 Å². The zero-order chi connectivity index (χ0) is 16.8. The van der Waals surface area contributed by atoms with Crippen molar-refractivity contribution in [2.24, 2.45) is 0 Å². The number of hydrogen-bond acceptors (Lipinski definition) is 6. The topological polar surface area (TPSA) is 79.4 Å². The number of anilines is 2. The second-order valence-electron chi connectivity index (χ2n) is 5.13. The lowest BCUT2D eigenvalue weighted by molar-refractivity contribution is 0.104. The third kappa shape index (κ3) is 2.43. The van der Waals surface area contributed by atoms with Gasteiger partial charge in [-0.15, -0.1) is 11.3 Å². The van der Waals surface area contributed by atoms with E-state index in [2.05, 4.69) is 10.3 Å². The monoisotopic (exact) mass is 349 g/mol. The molecular formula is C15H15N3O3S2. The number of allylic oxidation sites excluding steroid dienone is 1. The molecular weight excluding hydrogens is 334 g/mol. The van der Waals surface area contributed by atoms with Crippen LogP contribution in [0.1, 0.15) is 20.8 Å². The average Bonchev–Trinajstić information content (AvgIpc) is 2.82. The molecule has 2 aromatic heterocycles. The number of ketones is 1. The summed E-state index contributed by atoms with van der Waals surface area (Å²) in [6.45, 7) is 3.71. The van der Waals surface area contributed by atoms with Gasteiger partial charge in [0.1, 0.15) is 10.8 Å². The molecule has 0 aromatic carbocycles. The van der Waals surface area contributed by atoms with E-state index < -0.39 is 15.8 Å². The number of aryl methyl sites for hydroxylation is 1. The highest BCUT2D eigenvalue weighted by atomic mass is 32.2. The van der Waals surface area contributed by atoms with E-state index in [4.69, 9.17) is 0 Å². The number of rotatable bonds is 2. The van der Waals surface area contributed by atoms with Gasteiger partial charge in [0.2, 0.25) is 5.78 Å². The van der Waals surface area contributed by atoms with E-state index in [9.17, 15) is 13.2 Å². The molecule has 23 heavy (non-hydrogen) atoms. The van der Waals surface area contributed by atoms with Crippen LogP contribution in [-0.2, 0) is 10.0 Å². The summed E-state index contributed by atoms with van der Waals surface area (Å²) in [5, 5.41) is 3.25. The minimum absolute atomic E-state index is 0.279. The molecule has 0 aliphatic carbocycles. The predicted molar refractivity (Wildman–Crippen MR) is 91.4 cm³/mol. The normalized spacial score (nSPS) is 18.1. The third-order valence-corrected chi connectivity index (χ3v) is 6.92. The first kappa shape index (κ1) is 15.7. The maximum Gasteiger partial charge on any atom is 0.270 e. The Hall–Kier alpha value is -2.19. The molecule has 0 atom stereocenters. The Morgan fingerprint density at radius 2 is 2.04 bits per heavy atom. The van der Waals surface area contributed by atoms with Crippen molar-refractivity contribution in [3.8, 4) is 0 Å². The largest absolute Gasteiger partial charge is 0.345 e. The van der Waals surface area contributed by atoms with Crippen molar-refractivity contribution < 1.29 is 13.2 Å². The number of Topliss-reactive ketones (excluding diaryl/α,β-unsaturated/α-hetero) is 1. The number of carbonyl (C=O) groups excluding carboxylic acids is 1. The van der Waals surface area contributed by atoms with Crippen molar-refractivity contribution in [2.45, 2.75) is 13.8 Å². The second-order valence-corrected chi connectivity index (χ2v) is 8.27. The molecule has 0 amide bonds. The van der Waals surface area contributed by atoms with E-state index in [1.807, 2.05) is 13.8 Å². The lowest BCUT2D eigenvalue weighted by Gasteiger charge is -2.25. The second kappa shape index (κ2) is 5.47. The fourth-order valence-corrected chi connectivity index (χ4v) is 4.90. The molecule has 1 aliphatic rings. The summed E-state index contributed by atoms with van der Waals surface area (Å²) in [6.07, 6.45) is 2.79. The quantitative estimate of drug-likeness (QED) is 0.843. The van der Waals surface area contributed by atoms with Crippen molar-refractivity contribution in [3.05, 3.63) is 51.5 Å². The SMILES string of the molecule is Cc1sc2c(c1C)C(=O)/C(=C\Nc1ccccn1)S(=O)(=O)N2C. The number of thiophene rings is 1. The highest BCUT2D eigenvalue weighted by molar-refractivity contribution is 7.98. The molecule has 8 heteroatoms. The van der Waals surface area contributed by atoms with Gasteiger partial charge in [-0.2, -0.15) is 0 Å². The molecule has 1 N–H and O–H groups in total. The van der Waals surface area contributed by atoms with Crippen LogP contribution in [0.5, 0.6) is 0 Å². The number of carbonyl (C=O) groups is 1. The molecule has 0 bridgehead atoms. The van der Waals surface area contributed by atoms with Crippen LogP contribution in [-0.4, -0.2) is 26.2 Å². The van der Waals surface area contributed by atoms with Gasteiger partial charge in [-0.3, -0.25) is 9.10 Å². The fourth-order valence-electron chi connectivity index (χ4n) is 2.32. The zero-order valence-corrected chi connectivity index (χ0v) is 14.5. The Morgan fingerprint density at radius 3 is 2.70 bits per heavy atom. The average molecular weight is 349 g/mol. The van der Waals surface area contributed by atoms with Crippen LogP contribution < -0.4 is 9.62 Å². The highest BCUT2D eigenvalue weighted by Crippen LogP contribution is 2.42. The molecule has 0 saturated heterocycles. The van der Waals surface area contributed by atoms with Crippen molar-refractivity contribution in [1.82, 2.24) is 4.98 Å². The Labute approximate surface area is 138 Å². The van der Waals surface area contributed by atoms with E-state index in [0.29, 0.717) is 16.4 Å². The smallest absolute Gasteiger partial charge is 0.270 e. The molecule has 1 aliphatic heterocycles. The molecule has 0 fully saturated rings. The summed E-state index contributed by atoms with van der Waals surface area (Å²) in [7, 11) is -2.41. The number of hydrogen-bond donors (Lipinski definition) is 1. The van der Waals surface area contributed by atoms with Crippen molar-refractivity contribution in [3.63, 3.8) is 0 Å². The van der Waals surface area contributed by atoms with Gasteiger partial charge in [0.15, 0.2) is 4.91 Å². The van der Waals surface area contributed by atoms with Crippen LogP contribution in [0.15, 0.2) is 35.5 Å². The first-order valence-corrected chi connectivity index (χ1v) is 9.11. The molecule has 3 rings (SSSR count). The lowest BCUT2D eigenvalue weighted by Crippen LogP contribution is -2.36. The van der Waals surface area contributed by atoms with Crippen LogP contribution in [0.25, 0.3) is 0 Å². The van der Waals surface area contributed by atoms with Crippen LogP contribution >= 0.6 is 11.3 Å². The Kier molecular flexibility index (Phi) is 3.73. The highest BCUT2D eigenvalue weighted by Gasteiger charge is 2.40. The molecule has 0 unspecified atom stereocenters. The van der Waals surface area contributed by atoms with Crippen molar-refractivity contribution in [1.29, 1.82) is 0 Å². The summed E-state index contributed by atoms with van der Waals surface area (Å²) < 4.78 is 26.4. The summed E-state index contributed by atoms with van der Waals surface area (Å²) in [4.78, 5) is 17.4. The van der Waals surface area contributed by atoms with E-state index in [0.717, 1.165) is 10.4 Å². The fraction of sp³-hybridized carbons (Fsp3) is 0.200. The summed E-state index contributed by atoms with van der Waals surface area (Å²) in [6, 6.07) is 5.20. The predicted octanol–water partition coefficient (Wildman–Crippen LogP) is 2.68. The van der Waals surface area contributed by atoms with E-state index in [1.165, 1.54) is 28.9 Å². The molecule has 2 aromatic rings. The van der Waals surface area contributed by atoms with Gasteiger partial charge in [-0.05, 0) is 31.5 Å². The van der Waals surface area contributed by atoms with E-state index >= 15 is 0 Å². The van der Waals surface area contributed by atoms with Gasteiger partial charge in [0.05, 0.1) is 5.56 Å². The first-order valence-electron chi connectivity index (χ1n) is 6.85. The maximum absolute atomic E-state index is 12.7. The molecule has 0 spiro atoms. The standard InChI is InChI=1S/C15H15N3O3S2/c1-9-10(2)22-15-13(9)14(19)11(23(20,21)18(15)3)8-17-12-6-4-5-7-16-12/h4-8H,1-3H3,(H,16,17)/b11-8+. The number of nitrogens with one attached hydrogen (secondary N) is 1. The van der Waals surface area contributed by atoms with Crippen LogP contribution in [0.2, 0.25) is 0 Å². The Balaban J connectivity index is 2.10. The number of pyridine rings is 1. The van der Waals surface area contributed by atoms with Gasteiger partial charge in [-0.25, -0.2) is 13.4 Å². The van der Waals surface area contributed by atoms with Crippen molar-refractivity contribution >= 4 is 38.0 Å². The number of nitrogens with zero attached hydrogens (tertiary/aromatic N) is 2. The third-order valence-electron chi connectivity index (χ3n) is 3.76. The molecule has 120 valence electrons. The van der Waals surface area contributed by atoms with Gasteiger partial charge < -0.3 is 5.32 Å². The molecule has 6 nitrogen and oxygen atoms in total. The van der Waals surface area contributed by atoms with E-state index in [-0.39, 0.29) is 4.91 Å². The zero-order valence-electron chi connectivity index (χ0n) is 12.8. The Bertz CT molecular complexity index is 915. The number of fused-ring (bicyclic) bond motifs is 1. The summed E-state index contributed by atoms with van der Waals surface area (Å²) >= 11 is 1.31. The van der Waals surface area contributed by atoms with Gasteiger partial charge in [-0.1, -0.05) is 6.07 Å². The minimum atomic E-state index is -3.87. The van der Waals surface area contributed by atoms with Gasteiger partial charge >= 0.3 is 0 Å². The van der Waals surface area contributed by atoms with Crippen LogP contribution in [0.4, 0.5) is 10.8 Å². The maximum atomic E-state index is 12.7. The van der Waals surface area contributed by atoms with Gasteiger partial charge in [0, 0.05) is 24.3 Å². The first-order chi connectivity index (χ1) is 10.8. The van der Waals surface area contributed by atoms with E-state index in [1.54, 1.807) is 24.4 Å². The minimum Gasteiger partial charge on any atom is -0.345 e. The van der Waals surface area contributed by atoms with Crippen molar-refractivity contribution in [2.75, 3.05) is 16.7 Å². The number of sulfonamides is 1. The number of aromatic nitrogens is 1. The lowest BCUT2D eigenvalue weighted by atomic mass is 10.1. The Morgan fingerprint density at radius 1 is 1.30 bits per heavy atom. The summed E-state index contributed by atoms with van der Waals surface area (Å²) in [5.41, 5.74) is 1.28. The molecule has 0 radical (unpaired) electrons. The van der Waals surface area contributed by atoms with Crippen LogP contribution in [0, 0.1) is 13.8 Å².